The number of ether oxygens (including phenoxy) is 3. The first-order chi connectivity index (χ1) is 15.1. The number of nitrogens with one attached hydrogen (secondary N) is 2. The van der Waals surface area contributed by atoms with Crippen molar-refractivity contribution < 1.29 is 23.8 Å². The summed E-state index contributed by atoms with van der Waals surface area (Å²) in [6.07, 6.45) is 0. The third-order valence-electron chi connectivity index (χ3n) is 4.14. The first-order valence-electron chi connectivity index (χ1n) is 9.19. The van der Waals surface area contributed by atoms with Crippen LogP contribution in [0.15, 0.2) is 47.6 Å². The Morgan fingerprint density at radius 2 is 1.97 bits per heavy atom. The van der Waals surface area contributed by atoms with Gasteiger partial charge < -0.3 is 19.5 Å². The van der Waals surface area contributed by atoms with Crippen LogP contribution in [-0.2, 0) is 4.79 Å². The molecule has 12 heteroatoms. The molecule has 4 rings (SSSR count). The smallest absolute Gasteiger partial charge is 0.325 e. The van der Waals surface area contributed by atoms with E-state index in [1.165, 1.54) is 4.68 Å². The van der Waals surface area contributed by atoms with Gasteiger partial charge in [0.1, 0.15) is 24.7 Å². The number of benzene rings is 2. The number of rotatable bonds is 6. The van der Waals surface area contributed by atoms with Crippen LogP contribution in [0, 0.1) is 0 Å². The molecule has 0 unspecified atom stereocenters. The molecule has 1 aliphatic heterocycles. The van der Waals surface area contributed by atoms with Crippen molar-refractivity contribution in [1.82, 2.24) is 25.5 Å². The van der Waals surface area contributed by atoms with E-state index in [9.17, 15) is 9.59 Å². The van der Waals surface area contributed by atoms with Crippen LogP contribution >= 0.6 is 11.8 Å². The van der Waals surface area contributed by atoms with E-state index in [1.807, 2.05) is 12.1 Å². The number of amides is 3. The number of urea groups is 1. The van der Waals surface area contributed by atoms with E-state index in [4.69, 9.17) is 14.2 Å². The van der Waals surface area contributed by atoms with Gasteiger partial charge in [-0.25, -0.2) is 4.79 Å². The summed E-state index contributed by atoms with van der Waals surface area (Å²) in [4.78, 5) is 24.3. The maximum Gasteiger partial charge on any atom is 0.325 e. The van der Waals surface area contributed by atoms with Crippen molar-refractivity contribution in [2.45, 2.75) is 5.16 Å². The second kappa shape index (κ2) is 9.34. The third-order valence-corrected chi connectivity index (χ3v) is 5.06. The normalized spacial score (nSPS) is 12.2. The number of fused-ring (bicyclic) bond motifs is 1. The largest absolute Gasteiger partial charge is 0.494 e. The van der Waals surface area contributed by atoms with Gasteiger partial charge in [-0.3, -0.25) is 10.1 Å². The lowest BCUT2D eigenvalue weighted by Crippen LogP contribution is -2.35. The summed E-state index contributed by atoms with van der Waals surface area (Å²) >= 11 is 1.09. The molecule has 3 amide bonds. The molecule has 1 aromatic heterocycles. The SMILES string of the molecule is COc1ccccc1-n1nnnc1SCC(=O)NC(=O)Nc1ccc2c(c1)OCCO2. The summed E-state index contributed by atoms with van der Waals surface area (Å²) in [6, 6.07) is 11.5. The Balaban J connectivity index is 1.33. The lowest BCUT2D eigenvalue weighted by Gasteiger charge is -2.19. The number of hydrogen-bond donors (Lipinski definition) is 2. The lowest BCUT2D eigenvalue weighted by atomic mass is 10.2. The quantitative estimate of drug-likeness (QED) is 0.550. The number of aromatic nitrogens is 4. The number of anilines is 1. The molecule has 11 nitrogen and oxygen atoms in total. The lowest BCUT2D eigenvalue weighted by molar-refractivity contribution is -0.117. The summed E-state index contributed by atoms with van der Waals surface area (Å²) in [7, 11) is 1.55. The minimum atomic E-state index is -0.661. The molecule has 0 atom stereocenters. The number of methoxy groups -OCH3 is 1. The Morgan fingerprint density at radius 3 is 2.81 bits per heavy atom. The van der Waals surface area contributed by atoms with Crippen molar-refractivity contribution in [1.29, 1.82) is 0 Å². The minimum Gasteiger partial charge on any atom is -0.494 e. The van der Waals surface area contributed by atoms with Crippen molar-refractivity contribution in [3.63, 3.8) is 0 Å². The highest BCUT2D eigenvalue weighted by atomic mass is 32.2. The first kappa shape index (κ1) is 20.5. The monoisotopic (exact) mass is 442 g/mol. The fraction of sp³-hybridized carbons (Fsp3) is 0.211. The van der Waals surface area contributed by atoms with Gasteiger partial charge in [0.2, 0.25) is 11.1 Å². The highest BCUT2D eigenvalue weighted by Crippen LogP contribution is 2.32. The predicted molar refractivity (Wildman–Crippen MR) is 111 cm³/mol. The average Bonchev–Trinajstić information content (AvgIpc) is 3.26. The van der Waals surface area contributed by atoms with Gasteiger partial charge in [0.05, 0.1) is 12.9 Å². The van der Waals surface area contributed by atoms with Crippen molar-refractivity contribution >= 4 is 29.4 Å². The second-order valence-electron chi connectivity index (χ2n) is 6.19. The summed E-state index contributed by atoms with van der Waals surface area (Å²) in [5.41, 5.74) is 1.11. The van der Waals surface area contributed by atoms with Crippen LogP contribution < -0.4 is 24.8 Å². The summed E-state index contributed by atoms with van der Waals surface area (Å²) in [5.74, 6) is 1.16. The molecule has 0 bridgehead atoms. The molecule has 0 saturated carbocycles. The van der Waals surface area contributed by atoms with E-state index in [2.05, 4.69) is 26.2 Å². The molecular weight excluding hydrogens is 424 g/mol. The molecule has 2 heterocycles. The Kier molecular flexibility index (Phi) is 6.17. The van der Waals surface area contributed by atoms with Gasteiger partial charge >= 0.3 is 6.03 Å². The fourth-order valence-corrected chi connectivity index (χ4v) is 3.48. The molecule has 0 fully saturated rings. The molecule has 2 aromatic carbocycles. The van der Waals surface area contributed by atoms with Gasteiger partial charge in [-0.05, 0) is 34.7 Å². The van der Waals surface area contributed by atoms with E-state index in [0.717, 1.165) is 11.8 Å². The van der Waals surface area contributed by atoms with E-state index in [0.29, 0.717) is 47.0 Å². The predicted octanol–water partition coefficient (Wildman–Crippen LogP) is 1.88. The molecule has 0 aliphatic carbocycles. The molecule has 160 valence electrons. The van der Waals surface area contributed by atoms with E-state index in [1.54, 1.807) is 37.4 Å². The first-order valence-corrected chi connectivity index (χ1v) is 10.2. The number of hydrogen-bond acceptors (Lipinski definition) is 9. The Labute approximate surface area is 181 Å². The van der Waals surface area contributed by atoms with Crippen LogP contribution in [0.1, 0.15) is 0 Å². The van der Waals surface area contributed by atoms with Crippen molar-refractivity contribution in [2.75, 3.05) is 31.4 Å². The van der Waals surface area contributed by atoms with Crippen molar-refractivity contribution in [2.24, 2.45) is 0 Å². The van der Waals surface area contributed by atoms with Gasteiger partial charge in [0.15, 0.2) is 11.5 Å². The Bertz CT molecular complexity index is 1100. The zero-order valence-corrected chi connectivity index (χ0v) is 17.2. The zero-order valence-electron chi connectivity index (χ0n) is 16.4. The topological polar surface area (TPSA) is 129 Å². The highest BCUT2D eigenvalue weighted by Gasteiger charge is 2.17. The zero-order chi connectivity index (χ0) is 21.6. The van der Waals surface area contributed by atoms with Gasteiger partial charge in [0, 0.05) is 11.8 Å². The molecule has 3 aromatic rings. The van der Waals surface area contributed by atoms with Gasteiger partial charge in [-0.15, -0.1) is 5.10 Å². The van der Waals surface area contributed by atoms with Gasteiger partial charge in [0.25, 0.3) is 0 Å². The highest BCUT2D eigenvalue weighted by molar-refractivity contribution is 7.99. The van der Waals surface area contributed by atoms with Crippen molar-refractivity contribution in [3.05, 3.63) is 42.5 Å². The number of carbonyl (C=O) groups is 2. The Hall–Kier alpha value is -3.80. The molecule has 0 radical (unpaired) electrons. The molecule has 1 aliphatic rings. The number of carbonyl (C=O) groups excluding carboxylic acids is 2. The molecular formula is C19H18N6O5S. The van der Waals surface area contributed by atoms with Crippen LogP contribution in [0.2, 0.25) is 0 Å². The molecule has 0 spiro atoms. The fourth-order valence-electron chi connectivity index (χ4n) is 2.80. The van der Waals surface area contributed by atoms with E-state index >= 15 is 0 Å². The van der Waals surface area contributed by atoms with Gasteiger partial charge in [-0.1, -0.05) is 23.9 Å². The summed E-state index contributed by atoms with van der Waals surface area (Å²) < 4.78 is 17.7. The summed E-state index contributed by atoms with van der Waals surface area (Å²) in [5, 5.41) is 16.8. The Morgan fingerprint density at radius 1 is 1.16 bits per heavy atom. The number of para-hydroxylation sites is 2. The summed E-state index contributed by atoms with van der Waals surface area (Å²) in [6.45, 7) is 0.916. The molecule has 31 heavy (non-hydrogen) atoms. The standard InChI is InChI=1S/C19H18N6O5S/c1-28-14-5-3-2-4-13(14)25-19(22-23-24-25)31-11-17(26)21-18(27)20-12-6-7-15-16(10-12)30-9-8-29-15/h2-7,10H,8-9,11H2,1H3,(H2,20,21,26,27). The third kappa shape index (κ3) is 4.86. The van der Waals surface area contributed by atoms with Crippen molar-refractivity contribution in [3.8, 4) is 22.9 Å². The number of nitrogens with zero attached hydrogens (tertiary/aromatic N) is 4. The van der Waals surface area contributed by atoms with Crippen LogP contribution in [0.5, 0.6) is 17.2 Å². The maximum atomic E-state index is 12.2. The van der Waals surface area contributed by atoms with Crippen LogP contribution in [0.25, 0.3) is 5.69 Å². The second-order valence-corrected chi connectivity index (χ2v) is 7.14. The van der Waals surface area contributed by atoms with Crippen LogP contribution in [-0.4, -0.2) is 58.2 Å². The minimum absolute atomic E-state index is 0.0654. The maximum absolute atomic E-state index is 12.2. The van der Waals surface area contributed by atoms with Crippen LogP contribution in [0.3, 0.4) is 0 Å². The average molecular weight is 442 g/mol. The van der Waals surface area contributed by atoms with E-state index in [-0.39, 0.29) is 5.75 Å². The van der Waals surface area contributed by atoms with Gasteiger partial charge in [-0.2, -0.15) is 4.68 Å². The van der Waals surface area contributed by atoms with Crippen LogP contribution in [0.4, 0.5) is 10.5 Å². The number of thioether (sulfide) groups is 1. The number of tetrazole rings is 1. The van der Waals surface area contributed by atoms with E-state index < -0.39 is 11.9 Å². The molecule has 2 N–H and O–H groups in total. The number of imide groups is 1. The molecule has 0 saturated heterocycles.